The van der Waals surface area contributed by atoms with Gasteiger partial charge in [-0.3, -0.25) is 0 Å². The lowest BCUT2D eigenvalue weighted by atomic mass is 9.62. The first-order valence-electron chi connectivity index (χ1n) is 8.25. The van der Waals surface area contributed by atoms with E-state index in [9.17, 15) is 0 Å². The molecular weight excluding hydrogens is 266 g/mol. The summed E-state index contributed by atoms with van der Waals surface area (Å²) in [5.41, 5.74) is 8.15. The molecule has 2 fully saturated rings. The third-order valence-corrected chi connectivity index (χ3v) is 5.87. The van der Waals surface area contributed by atoms with Gasteiger partial charge in [0.25, 0.3) is 0 Å². The van der Waals surface area contributed by atoms with Gasteiger partial charge < -0.3 is 5.73 Å². The summed E-state index contributed by atoms with van der Waals surface area (Å²) in [6.07, 6.45) is 12.1. The number of nitrogens with two attached hydrogens (primary N) is 1. The third kappa shape index (κ3) is 2.76. The maximum Gasteiger partial charge on any atom is 0.0440 e. The number of benzene rings is 1. The fourth-order valence-corrected chi connectivity index (χ4v) is 4.66. The molecule has 2 unspecified atom stereocenters. The van der Waals surface area contributed by atoms with Crippen molar-refractivity contribution in [3.63, 3.8) is 0 Å². The fraction of sp³-hybridized carbons (Fsp3) is 0.667. The van der Waals surface area contributed by atoms with Crippen LogP contribution in [-0.4, -0.2) is 0 Å². The summed E-state index contributed by atoms with van der Waals surface area (Å²) < 4.78 is 0. The highest BCUT2D eigenvalue weighted by molar-refractivity contribution is 6.30. The normalized spacial score (nSPS) is 32.2. The summed E-state index contributed by atoms with van der Waals surface area (Å²) in [6, 6.07) is 8.31. The van der Waals surface area contributed by atoms with Crippen LogP contribution in [0.15, 0.2) is 24.3 Å². The molecule has 0 amide bonds. The van der Waals surface area contributed by atoms with Gasteiger partial charge in [-0.15, -0.1) is 0 Å². The van der Waals surface area contributed by atoms with E-state index in [1.54, 1.807) is 0 Å². The van der Waals surface area contributed by atoms with Crippen molar-refractivity contribution in [2.75, 3.05) is 0 Å². The van der Waals surface area contributed by atoms with Crippen LogP contribution in [-0.2, 0) is 5.54 Å². The van der Waals surface area contributed by atoms with Gasteiger partial charge in [0.05, 0.1) is 0 Å². The van der Waals surface area contributed by atoms with Crippen LogP contribution in [0.2, 0.25) is 5.02 Å². The Labute approximate surface area is 127 Å². The molecule has 2 saturated carbocycles. The summed E-state index contributed by atoms with van der Waals surface area (Å²) in [5.74, 6) is 1.50. The number of rotatable bonds is 2. The highest BCUT2D eigenvalue weighted by atomic mass is 35.5. The van der Waals surface area contributed by atoms with Gasteiger partial charge in [0.15, 0.2) is 0 Å². The Hall–Kier alpha value is -0.530. The molecular formula is C18H26ClN. The van der Waals surface area contributed by atoms with Gasteiger partial charge >= 0.3 is 0 Å². The van der Waals surface area contributed by atoms with Crippen LogP contribution in [0.5, 0.6) is 0 Å². The maximum absolute atomic E-state index is 6.96. The Morgan fingerprint density at radius 1 is 0.900 bits per heavy atom. The van der Waals surface area contributed by atoms with Crippen molar-refractivity contribution in [2.24, 2.45) is 17.6 Å². The molecule has 0 spiro atoms. The summed E-state index contributed by atoms with van der Waals surface area (Å²) >= 11 is 6.04. The van der Waals surface area contributed by atoms with Crippen molar-refractivity contribution >= 4 is 11.6 Å². The molecule has 2 aliphatic rings. The molecule has 20 heavy (non-hydrogen) atoms. The number of halogens is 1. The minimum atomic E-state index is -0.120. The Balaban J connectivity index is 1.88. The molecule has 1 nitrogen and oxygen atoms in total. The molecule has 3 rings (SSSR count). The van der Waals surface area contributed by atoms with Crippen molar-refractivity contribution in [3.8, 4) is 0 Å². The molecule has 0 heterocycles. The van der Waals surface area contributed by atoms with Crippen molar-refractivity contribution in [1.82, 2.24) is 0 Å². The van der Waals surface area contributed by atoms with Crippen molar-refractivity contribution in [1.29, 1.82) is 0 Å². The van der Waals surface area contributed by atoms with Crippen LogP contribution >= 0.6 is 11.6 Å². The van der Waals surface area contributed by atoms with Gasteiger partial charge in [-0.2, -0.15) is 0 Å². The summed E-state index contributed by atoms with van der Waals surface area (Å²) in [7, 11) is 0. The molecule has 2 atom stereocenters. The van der Waals surface area contributed by atoms with E-state index in [1.807, 2.05) is 12.1 Å². The predicted molar refractivity (Wildman–Crippen MR) is 85.9 cm³/mol. The highest BCUT2D eigenvalue weighted by Gasteiger charge is 2.42. The molecule has 0 aliphatic heterocycles. The lowest BCUT2D eigenvalue weighted by molar-refractivity contribution is 0.0986. The van der Waals surface area contributed by atoms with Crippen LogP contribution in [0.4, 0.5) is 0 Å². The van der Waals surface area contributed by atoms with E-state index in [0.717, 1.165) is 17.4 Å². The fourth-order valence-electron chi connectivity index (χ4n) is 4.54. The summed E-state index contributed by atoms with van der Waals surface area (Å²) in [6.45, 7) is 0. The Bertz CT molecular complexity index is 435. The second-order valence-electron chi connectivity index (χ2n) is 6.80. The van der Waals surface area contributed by atoms with Gasteiger partial charge in [-0.25, -0.2) is 0 Å². The Kier molecular flexibility index (Phi) is 4.37. The van der Waals surface area contributed by atoms with E-state index in [0.29, 0.717) is 5.92 Å². The zero-order chi connectivity index (χ0) is 14.0. The van der Waals surface area contributed by atoms with Gasteiger partial charge in [0.1, 0.15) is 0 Å². The van der Waals surface area contributed by atoms with E-state index < -0.39 is 0 Å². The second kappa shape index (κ2) is 6.07. The summed E-state index contributed by atoms with van der Waals surface area (Å²) in [4.78, 5) is 0. The highest BCUT2D eigenvalue weighted by Crippen LogP contribution is 2.47. The first-order valence-corrected chi connectivity index (χ1v) is 8.63. The zero-order valence-electron chi connectivity index (χ0n) is 12.3. The first kappa shape index (κ1) is 14.4. The molecule has 1 aromatic carbocycles. The third-order valence-electron chi connectivity index (χ3n) is 5.62. The van der Waals surface area contributed by atoms with Gasteiger partial charge in [-0.05, 0) is 42.4 Å². The number of hydrogen-bond donors (Lipinski definition) is 1. The molecule has 2 aliphatic carbocycles. The van der Waals surface area contributed by atoms with Gasteiger partial charge in [-0.1, -0.05) is 68.7 Å². The number of hydrogen-bond acceptors (Lipinski definition) is 1. The quantitative estimate of drug-likeness (QED) is 0.790. The van der Waals surface area contributed by atoms with E-state index in [2.05, 4.69) is 12.1 Å². The SMILES string of the molecule is NC1(c2ccc(Cl)cc2)CCCCC1C1CCCCC1. The molecule has 0 bridgehead atoms. The lowest BCUT2D eigenvalue weighted by Crippen LogP contribution is -2.49. The summed E-state index contributed by atoms with van der Waals surface area (Å²) in [5, 5.41) is 0.808. The van der Waals surface area contributed by atoms with Crippen LogP contribution in [0, 0.1) is 11.8 Å². The van der Waals surface area contributed by atoms with Crippen LogP contribution < -0.4 is 5.73 Å². The smallest absolute Gasteiger partial charge is 0.0440 e. The minimum absolute atomic E-state index is 0.120. The van der Waals surface area contributed by atoms with E-state index in [1.165, 1.54) is 56.9 Å². The molecule has 0 aromatic heterocycles. The van der Waals surface area contributed by atoms with E-state index in [-0.39, 0.29) is 5.54 Å². The largest absolute Gasteiger partial charge is 0.321 e. The van der Waals surface area contributed by atoms with Gasteiger partial charge in [0.2, 0.25) is 0 Å². The second-order valence-corrected chi connectivity index (χ2v) is 7.23. The Morgan fingerprint density at radius 2 is 1.55 bits per heavy atom. The molecule has 2 N–H and O–H groups in total. The molecule has 2 heteroatoms. The van der Waals surface area contributed by atoms with E-state index in [4.69, 9.17) is 17.3 Å². The average Bonchev–Trinajstić information content (AvgIpc) is 2.49. The van der Waals surface area contributed by atoms with Crippen molar-refractivity contribution < 1.29 is 0 Å². The standard InChI is InChI=1S/C18H26ClN/c19-16-11-9-15(10-12-16)18(20)13-5-4-8-17(18)14-6-2-1-3-7-14/h9-12,14,17H,1-8,13,20H2. The molecule has 110 valence electrons. The first-order chi connectivity index (χ1) is 9.70. The molecule has 0 radical (unpaired) electrons. The monoisotopic (exact) mass is 291 g/mol. The van der Waals surface area contributed by atoms with Crippen LogP contribution in [0.1, 0.15) is 63.4 Å². The lowest BCUT2D eigenvalue weighted by Gasteiger charge is -2.47. The predicted octanol–water partition coefficient (Wildman–Crippen LogP) is 5.26. The van der Waals surface area contributed by atoms with Crippen molar-refractivity contribution in [2.45, 2.75) is 63.3 Å². The van der Waals surface area contributed by atoms with Crippen LogP contribution in [0.3, 0.4) is 0 Å². The molecule has 0 saturated heterocycles. The van der Waals surface area contributed by atoms with Crippen LogP contribution in [0.25, 0.3) is 0 Å². The average molecular weight is 292 g/mol. The van der Waals surface area contributed by atoms with E-state index >= 15 is 0 Å². The topological polar surface area (TPSA) is 26.0 Å². The van der Waals surface area contributed by atoms with Crippen molar-refractivity contribution in [3.05, 3.63) is 34.9 Å². The van der Waals surface area contributed by atoms with Gasteiger partial charge in [0, 0.05) is 10.6 Å². The maximum atomic E-state index is 6.96. The Morgan fingerprint density at radius 3 is 2.25 bits per heavy atom. The zero-order valence-corrected chi connectivity index (χ0v) is 13.0. The minimum Gasteiger partial charge on any atom is -0.321 e. The molecule has 1 aromatic rings.